The number of fused-ring (bicyclic) bond motifs is 1. The van der Waals surface area contributed by atoms with Gasteiger partial charge in [-0.1, -0.05) is 35.9 Å². The third kappa shape index (κ3) is 4.30. The highest BCUT2D eigenvalue weighted by Crippen LogP contribution is 2.47. The minimum Gasteiger partial charge on any atom is -0.493 e. The minimum absolute atomic E-state index is 0.0665. The van der Waals surface area contributed by atoms with E-state index >= 15 is 0 Å². The third-order valence-electron chi connectivity index (χ3n) is 6.67. The highest BCUT2D eigenvalue weighted by Gasteiger charge is 2.36. The van der Waals surface area contributed by atoms with Crippen LogP contribution in [0.5, 0.6) is 17.2 Å². The molecule has 7 heteroatoms. The number of hydrogen-bond donors (Lipinski definition) is 2. The lowest BCUT2D eigenvalue weighted by Crippen LogP contribution is -2.27. The summed E-state index contributed by atoms with van der Waals surface area (Å²) in [4.78, 5) is 13.7. The molecule has 0 aromatic heterocycles. The topological polar surface area (TPSA) is 68.8 Å². The molecule has 1 aliphatic heterocycles. The Morgan fingerprint density at radius 3 is 2.11 bits per heavy atom. The molecular formula is C28H27ClN2O4. The number of carbonyl (C=O) groups excluding carboxylic acids is 1. The van der Waals surface area contributed by atoms with Crippen molar-refractivity contribution in [2.75, 3.05) is 32.0 Å². The molecule has 0 bridgehead atoms. The van der Waals surface area contributed by atoms with E-state index in [9.17, 15) is 4.79 Å². The Kier molecular flexibility index (Phi) is 6.31. The summed E-state index contributed by atoms with van der Waals surface area (Å²) in [6.45, 7) is 0. The zero-order valence-electron chi connectivity index (χ0n) is 19.9. The van der Waals surface area contributed by atoms with Crippen LogP contribution in [0.15, 0.2) is 71.9 Å². The molecule has 0 unspecified atom stereocenters. The van der Waals surface area contributed by atoms with Gasteiger partial charge in [-0.15, -0.1) is 0 Å². The molecule has 0 radical (unpaired) electrons. The zero-order valence-corrected chi connectivity index (χ0v) is 20.6. The molecule has 0 spiro atoms. The average Bonchev–Trinajstić information content (AvgIpc) is 3.05. The van der Waals surface area contributed by atoms with Gasteiger partial charge in [0.1, 0.15) is 0 Å². The minimum atomic E-state index is -0.395. The normalized spacial score (nSPS) is 19.0. The summed E-state index contributed by atoms with van der Waals surface area (Å²) in [5.41, 5.74) is 5.43. The summed E-state index contributed by atoms with van der Waals surface area (Å²) in [5.74, 6) is 1.75. The van der Waals surface area contributed by atoms with Gasteiger partial charge in [0.05, 0.1) is 38.7 Å². The van der Waals surface area contributed by atoms with Crippen molar-refractivity contribution >= 4 is 28.8 Å². The predicted molar refractivity (Wildman–Crippen MR) is 138 cm³/mol. The summed E-state index contributed by atoms with van der Waals surface area (Å²) < 4.78 is 16.7. The quantitative estimate of drug-likeness (QED) is 0.434. The zero-order chi connectivity index (χ0) is 24.5. The number of allylic oxidation sites excluding steroid dienone is 1. The van der Waals surface area contributed by atoms with Gasteiger partial charge in [0, 0.05) is 22.7 Å². The number of para-hydroxylation sites is 2. The number of anilines is 2. The largest absolute Gasteiger partial charge is 0.493 e. The van der Waals surface area contributed by atoms with Crippen molar-refractivity contribution in [2.45, 2.75) is 24.8 Å². The first-order valence-electron chi connectivity index (χ1n) is 11.5. The molecule has 5 rings (SSSR count). The van der Waals surface area contributed by atoms with E-state index in [1.165, 1.54) is 0 Å². The molecule has 2 aliphatic rings. The Balaban J connectivity index is 1.64. The fraction of sp³-hybridized carbons (Fsp3) is 0.250. The van der Waals surface area contributed by atoms with Gasteiger partial charge in [0.15, 0.2) is 17.3 Å². The Bertz CT molecular complexity index is 1280. The number of Topliss-reactive ketones (excluding diaryl/α,β-unsaturated/α-hetero) is 1. The van der Waals surface area contributed by atoms with Gasteiger partial charge in [-0.3, -0.25) is 4.79 Å². The van der Waals surface area contributed by atoms with Crippen LogP contribution in [0.3, 0.4) is 0 Å². The second kappa shape index (κ2) is 9.55. The van der Waals surface area contributed by atoms with Gasteiger partial charge in [-0.25, -0.2) is 0 Å². The first kappa shape index (κ1) is 23.1. The Morgan fingerprint density at radius 1 is 0.829 bits per heavy atom. The van der Waals surface area contributed by atoms with Gasteiger partial charge < -0.3 is 24.8 Å². The van der Waals surface area contributed by atoms with E-state index in [4.69, 9.17) is 25.8 Å². The molecule has 3 aromatic rings. The van der Waals surface area contributed by atoms with Crippen molar-refractivity contribution in [3.8, 4) is 17.2 Å². The summed E-state index contributed by atoms with van der Waals surface area (Å²) in [5, 5.41) is 7.85. The van der Waals surface area contributed by atoms with Crippen molar-refractivity contribution in [3.63, 3.8) is 0 Å². The van der Waals surface area contributed by atoms with E-state index in [1.54, 1.807) is 21.3 Å². The number of ketones is 1. The molecule has 2 atom stereocenters. The van der Waals surface area contributed by atoms with Gasteiger partial charge in [-0.05, 0) is 59.9 Å². The van der Waals surface area contributed by atoms with Crippen molar-refractivity contribution in [3.05, 3.63) is 88.1 Å². The van der Waals surface area contributed by atoms with Crippen molar-refractivity contribution in [1.29, 1.82) is 0 Å². The van der Waals surface area contributed by atoms with E-state index in [0.29, 0.717) is 35.1 Å². The van der Waals surface area contributed by atoms with Gasteiger partial charge in [0.25, 0.3) is 0 Å². The lowest BCUT2D eigenvalue weighted by atomic mass is 9.78. The Hall–Kier alpha value is -3.64. The fourth-order valence-corrected chi connectivity index (χ4v) is 5.11. The van der Waals surface area contributed by atoms with Crippen molar-refractivity contribution < 1.29 is 19.0 Å². The lowest BCUT2D eigenvalue weighted by molar-refractivity contribution is -0.116. The number of rotatable bonds is 5. The second-order valence-corrected chi connectivity index (χ2v) is 9.12. The van der Waals surface area contributed by atoms with E-state index in [-0.39, 0.29) is 11.7 Å². The standard InChI is InChI=1S/C28H27ClN2O4/c1-33-24-14-18(15-25(34-2)28(24)35-3)27-26-22(30-20-6-4-5-7-21(20)31-27)12-17(13-23(26)32)16-8-10-19(29)11-9-16/h4-11,14-15,17,27,30-31H,12-13H2,1-3H3/t17-,27+/m0/s1. The van der Waals surface area contributed by atoms with Crippen LogP contribution in [0.25, 0.3) is 0 Å². The number of halogens is 1. The van der Waals surface area contributed by atoms with Crippen LogP contribution in [-0.4, -0.2) is 27.1 Å². The molecule has 3 aromatic carbocycles. The van der Waals surface area contributed by atoms with E-state index in [1.807, 2.05) is 60.7 Å². The summed E-state index contributed by atoms with van der Waals surface area (Å²) in [7, 11) is 4.75. The van der Waals surface area contributed by atoms with Crippen LogP contribution < -0.4 is 24.8 Å². The van der Waals surface area contributed by atoms with E-state index in [2.05, 4.69) is 10.6 Å². The van der Waals surface area contributed by atoms with Crippen LogP contribution >= 0.6 is 11.6 Å². The van der Waals surface area contributed by atoms with Crippen LogP contribution in [0.2, 0.25) is 5.02 Å². The first-order valence-corrected chi connectivity index (χ1v) is 11.8. The van der Waals surface area contributed by atoms with Crippen molar-refractivity contribution in [1.82, 2.24) is 0 Å². The van der Waals surface area contributed by atoms with Crippen molar-refractivity contribution in [2.24, 2.45) is 0 Å². The highest BCUT2D eigenvalue weighted by atomic mass is 35.5. The second-order valence-electron chi connectivity index (χ2n) is 8.68. The number of ether oxygens (including phenoxy) is 3. The first-order chi connectivity index (χ1) is 17.0. The fourth-order valence-electron chi connectivity index (χ4n) is 4.98. The number of nitrogens with one attached hydrogen (secondary N) is 2. The molecule has 0 saturated carbocycles. The maximum atomic E-state index is 13.7. The molecule has 6 nitrogen and oxygen atoms in total. The Morgan fingerprint density at radius 2 is 1.49 bits per heavy atom. The average molecular weight is 491 g/mol. The molecule has 0 amide bonds. The summed E-state index contributed by atoms with van der Waals surface area (Å²) >= 11 is 6.10. The van der Waals surface area contributed by atoms with Crippen LogP contribution in [0, 0.1) is 0 Å². The van der Waals surface area contributed by atoms with E-state index in [0.717, 1.165) is 33.8 Å². The van der Waals surface area contributed by atoms with Gasteiger partial charge in [0.2, 0.25) is 5.75 Å². The molecule has 1 heterocycles. The molecule has 0 saturated heterocycles. The smallest absolute Gasteiger partial charge is 0.203 e. The van der Waals surface area contributed by atoms with Gasteiger partial charge in [-0.2, -0.15) is 0 Å². The summed E-state index contributed by atoms with van der Waals surface area (Å²) in [6, 6.07) is 19.1. The number of methoxy groups -OCH3 is 3. The number of hydrogen-bond acceptors (Lipinski definition) is 6. The molecule has 35 heavy (non-hydrogen) atoms. The predicted octanol–water partition coefficient (Wildman–Crippen LogP) is 6.35. The molecule has 2 N–H and O–H groups in total. The molecule has 180 valence electrons. The Labute approximate surface area is 209 Å². The lowest BCUT2D eigenvalue weighted by Gasteiger charge is -2.30. The maximum absolute atomic E-state index is 13.7. The van der Waals surface area contributed by atoms with E-state index < -0.39 is 6.04 Å². The maximum Gasteiger partial charge on any atom is 0.203 e. The van der Waals surface area contributed by atoms with Crippen LogP contribution in [0.1, 0.15) is 35.9 Å². The SMILES string of the molecule is COc1cc([C@H]2Nc3ccccc3NC3=C2C(=O)C[C@@H](c2ccc(Cl)cc2)C3)cc(OC)c1OC. The summed E-state index contributed by atoms with van der Waals surface area (Å²) in [6.07, 6.45) is 1.13. The number of carbonyl (C=O) groups is 1. The molecule has 0 fully saturated rings. The van der Waals surface area contributed by atoms with Gasteiger partial charge >= 0.3 is 0 Å². The molecule has 1 aliphatic carbocycles. The monoisotopic (exact) mass is 490 g/mol. The van der Waals surface area contributed by atoms with Crippen LogP contribution in [-0.2, 0) is 4.79 Å². The molecular weight excluding hydrogens is 464 g/mol. The highest BCUT2D eigenvalue weighted by molar-refractivity contribution is 6.30. The third-order valence-corrected chi connectivity index (χ3v) is 6.92. The number of benzene rings is 3. The van der Waals surface area contributed by atoms with Crippen LogP contribution in [0.4, 0.5) is 11.4 Å².